The monoisotopic (exact) mass is 328 g/mol. The molecular formula is C21H16N2O2. The number of hydrogen-bond donors (Lipinski definition) is 2. The summed E-state index contributed by atoms with van der Waals surface area (Å²) < 4.78 is 1.95. The minimum Gasteiger partial charge on any atom is -0.504 e. The lowest BCUT2D eigenvalue weighted by atomic mass is 10.1. The van der Waals surface area contributed by atoms with E-state index in [1.807, 2.05) is 29.0 Å². The molecule has 0 aliphatic heterocycles. The van der Waals surface area contributed by atoms with E-state index in [-0.39, 0.29) is 11.5 Å². The van der Waals surface area contributed by atoms with E-state index in [9.17, 15) is 15.5 Å². The zero-order valence-corrected chi connectivity index (χ0v) is 13.5. The van der Waals surface area contributed by atoms with Gasteiger partial charge in [0.15, 0.2) is 11.5 Å². The summed E-state index contributed by atoms with van der Waals surface area (Å²) in [7, 11) is 0. The van der Waals surface area contributed by atoms with Crippen LogP contribution >= 0.6 is 0 Å². The van der Waals surface area contributed by atoms with Crippen molar-refractivity contribution in [2.45, 2.75) is 13.0 Å². The molecule has 0 radical (unpaired) electrons. The van der Waals surface area contributed by atoms with Gasteiger partial charge in [0, 0.05) is 23.5 Å². The van der Waals surface area contributed by atoms with Gasteiger partial charge in [0.2, 0.25) is 0 Å². The molecule has 2 N–H and O–H groups in total. The highest BCUT2D eigenvalue weighted by molar-refractivity contribution is 6.00. The summed E-state index contributed by atoms with van der Waals surface area (Å²) >= 11 is 0. The van der Waals surface area contributed by atoms with E-state index in [1.165, 1.54) is 6.07 Å². The van der Waals surface area contributed by atoms with Crippen molar-refractivity contribution in [2.24, 2.45) is 0 Å². The Morgan fingerprint density at radius 2 is 1.64 bits per heavy atom. The van der Waals surface area contributed by atoms with Crippen LogP contribution in [0.1, 0.15) is 11.3 Å². The number of phenols is 2. The van der Waals surface area contributed by atoms with Gasteiger partial charge in [-0.15, -0.1) is 0 Å². The molecular weight excluding hydrogens is 312 g/mol. The fraction of sp³-hybridized carbons (Fsp3) is 0.0952. The normalized spacial score (nSPS) is 11.0. The number of benzene rings is 3. The smallest absolute Gasteiger partial charge is 0.157 e. The van der Waals surface area contributed by atoms with Crippen LogP contribution in [0.15, 0.2) is 60.8 Å². The maximum Gasteiger partial charge on any atom is 0.157 e. The Labute approximate surface area is 144 Å². The zero-order valence-electron chi connectivity index (χ0n) is 13.5. The number of nitriles is 1. The van der Waals surface area contributed by atoms with E-state index in [0.29, 0.717) is 18.7 Å². The molecule has 4 nitrogen and oxygen atoms in total. The topological polar surface area (TPSA) is 69.2 Å². The number of aryl methyl sites for hydroxylation is 2. The molecule has 122 valence electrons. The molecule has 0 saturated heterocycles. The second-order valence-electron chi connectivity index (χ2n) is 6.14. The average Bonchev–Trinajstić information content (AvgIpc) is 2.97. The molecule has 4 rings (SSSR count). The molecule has 0 aliphatic rings. The number of rotatable bonds is 3. The molecule has 4 heteroatoms. The first-order valence-corrected chi connectivity index (χ1v) is 8.08. The van der Waals surface area contributed by atoms with Gasteiger partial charge in [-0.3, -0.25) is 0 Å². The predicted molar refractivity (Wildman–Crippen MR) is 97.6 cm³/mol. The van der Waals surface area contributed by atoms with Gasteiger partial charge in [-0.1, -0.05) is 30.3 Å². The quantitative estimate of drug-likeness (QED) is 0.550. The van der Waals surface area contributed by atoms with Crippen LogP contribution in [-0.4, -0.2) is 14.8 Å². The van der Waals surface area contributed by atoms with Crippen LogP contribution in [0.4, 0.5) is 0 Å². The molecule has 3 aromatic carbocycles. The molecule has 0 bridgehead atoms. The van der Waals surface area contributed by atoms with Crippen LogP contribution < -0.4 is 0 Å². The standard InChI is InChI=1S/C21H16N2O2/c22-12-19-18-11-16-4-2-1-3-15(16)10-17(18)13-23(19)8-7-14-5-6-20(24)21(25)9-14/h1-6,9-11,13,24-25H,7-8H2. The summed E-state index contributed by atoms with van der Waals surface area (Å²) in [4.78, 5) is 0. The molecule has 1 aromatic heterocycles. The first kappa shape index (κ1) is 15.1. The van der Waals surface area contributed by atoms with Crippen LogP contribution in [-0.2, 0) is 13.0 Å². The first-order valence-electron chi connectivity index (χ1n) is 8.08. The number of aromatic hydroxyl groups is 2. The Bertz CT molecular complexity index is 1140. The van der Waals surface area contributed by atoms with Gasteiger partial charge in [0.25, 0.3) is 0 Å². The summed E-state index contributed by atoms with van der Waals surface area (Å²) in [6.07, 6.45) is 2.66. The summed E-state index contributed by atoms with van der Waals surface area (Å²) in [5.41, 5.74) is 1.55. The second-order valence-corrected chi connectivity index (χ2v) is 6.14. The van der Waals surface area contributed by atoms with Crippen molar-refractivity contribution in [1.29, 1.82) is 5.26 Å². The third kappa shape index (κ3) is 2.66. The number of phenolic OH excluding ortho intramolecular Hbond substituents is 2. The molecule has 1 heterocycles. The van der Waals surface area contributed by atoms with Crippen molar-refractivity contribution in [2.75, 3.05) is 0 Å². The van der Waals surface area contributed by atoms with Crippen LogP contribution in [0.25, 0.3) is 21.5 Å². The molecule has 0 fully saturated rings. The number of fused-ring (bicyclic) bond motifs is 2. The minimum absolute atomic E-state index is 0.123. The first-order chi connectivity index (χ1) is 12.2. The lowest BCUT2D eigenvalue weighted by Crippen LogP contribution is -2.02. The molecule has 0 amide bonds. The Kier molecular flexibility index (Phi) is 3.55. The van der Waals surface area contributed by atoms with Crippen LogP contribution in [0, 0.1) is 11.3 Å². The van der Waals surface area contributed by atoms with Gasteiger partial charge in [-0.05, 0) is 47.0 Å². The van der Waals surface area contributed by atoms with Crippen LogP contribution in [0.5, 0.6) is 11.5 Å². The van der Waals surface area contributed by atoms with Gasteiger partial charge in [-0.2, -0.15) is 5.26 Å². The maximum atomic E-state index is 9.61. The number of hydrogen-bond acceptors (Lipinski definition) is 3. The maximum absolute atomic E-state index is 9.61. The highest BCUT2D eigenvalue weighted by atomic mass is 16.3. The van der Waals surface area contributed by atoms with E-state index in [0.717, 1.165) is 27.1 Å². The average molecular weight is 328 g/mol. The van der Waals surface area contributed by atoms with Crippen molar-refractivity contribution in [3.05, 3.63) is 72.1 Å². The zero-order chi connectivity index (χ0) is 17.4. The summed E-state index contributed by atoms with van der Waals surface area (Å²) in [6, 6.07) is 19.4. The second kappa shape index (κ2) is 5.88. The minimum atomic E-state index is -0.125. The fourth-order valence-corrected chi connectivity index (χ4v) is 3.23. The van der Waals surface area contributed by atoms with E-state index in [2.05, 4.69) is 24.3 Å². The van der Waals surface area contributed by atoms with Crippen LogP contribution in [0.3, 0.4) is 0 Å². The molecule has 0 unspecified atom stereocenters. The summed E-state index contributed by atoms with van der Waals surface area (Å²) in [6.45, 7) is 0.623. The van der Waals surface area contributed by atoms with E-state index in [4.69, 9.17) is 0 Å². The van der Waals surface area contributed by atoms with Gasteiger partial charge in [-0.25, -0.2) is 0 Å². The molecule has 25 heavy (non-hydrogen) atoms. The highest BCUT2D eigenvalue weighted by Crippen LogP contribution is 2.28. The van der Waals surface area contributed by atoms with Crippen molar-refractivity contribution < 1.29 is 10.2 Å². The third-order valence-corrected chi connectivity index (χ3v) is 4.54. The largest absolute Gasteiger partial charge is 0.504 e. The van der Waals surface area contributed by atoms with E-state index >= 15 is 0 Å². The molecule has 0 aliphatic carbocycles. The molecule has 0 spiro atoms. The molecule has 4 aromatic rings. The lowest BCUT2D eigenvalue weighted by molar-refractivity contribution is 0.403. The molecule has 0 atom stereocenters. The Balaban J connectivity index is 1.72. The number of aromatic nitrogens is 1. The highest BCUT2D eigenvalue weighted by Gasteiger charge is 2.10. The Morgan fingerprint density at radius 1 is 0.880 bits per heavy atom. The van der Waals surface area contributed by atoms with Gasteiger partial charge < -0.3 is 14.8 Å². The molecule has 0 saturated carbocycles. The Hall–Kier alpha value is -3.45. The summed E-state index contributed by atoms with van der Waals surface area (Å²) in [5.74, 6) is -0.248. The SMILES string of the molecule is N#Cc1c2cc3ccccc3cc2cn1CCc1ccc(O)c(O)c1. The van der Waals surface area contributed by atoms with Crippen molar-refractivity contribution >= 4 is 21.5 Å². The van der Waals surface area contributed by atoms with Gasteiger partial charge >= 0.3 is 0 Å². The van der Waals surface area contributed by atoms with Gasteiger partial charge in [0.05, 0.1) is 0 Å². The van der Waals surface area contributed by atoms with E-state index in [1.54, 1.807) is 12.1 Å². The Morgan fingerprint density at radius 3 is 2.36 bits per heavy atom. The predicted octanol–water partition coefficient (Wildman–Crippen LogP) is 4.32. The van der Waals surface area contributed by atoms with Crippen molar-refractivity contribution in [1.82, 2.24) is 4.57 Å². The van der Waals surface area contributed by atoms with E-state index < -0.39 is 0 Å². The fourth-order valence-electron chi connectivity index (χ4n) is 3.23. The lowest BCUT2D eigenvalue weighted by Gasteiger charge is -2.06. The van der Waals surface area contributed by atoms with Crippen LogP contribution in [0.2, 0.25) is 0 Å². The number of nitrogens with zero attached hydrogens (tertiary/aromatic N) is 2. The van der Waals surface area contributed by atoms with Crippen molar-refractivity contribution in [3.63, 3.8) is 0 Å². The van der Waals surface area contributed by atoms with Crippen molar-refractivity contribution in [3.8, 4) is 17.6 Å². The third-order valence-electron chi connectivity index (χ3n) is 4.54. The summed E-state index contributed by atoms with van der Waals surface area (Å²) in [5, 5.41) is 32.9. The van der Waals surface area contributed by atoms with Gasteiger partial charge in [0.1, 0.15) is 11.8 Å².